The SMILES string of the molecule is CNS(=O)(=O)c1cc(C(=O)NNC(=O)c2ccoc2C)ccc1Cl. The molecular weight excluding hydrogens is 358 g/mol. The average Bonchev–Trinajstić information content (AvgIpc) is 2.98. The smallest absolute Gasteiger partial charge is 0.273 e. The van der Waals surface area contributed by atoms with Crippen LogP contribution in [0.5, 0.6) is 0 Å². The summed E-state index contributed by atoms with van der Waals surface area (Å²) < 4.78 is 30.8. The van der Waals surface area contributed by atoms with Crippen LogP contribution in [0.1, 0.15) is 26.5 Å². The van der Waals surface area contributed by atoms with E-state index in [9.17, 15) is 18.0 Å². The van der Waals surface area contributed by atoms with Crippen LogP contribution >= 0.6 is 11.6 Å². The number of carbonyl (C=O) groups is 2. The standard InChI is InChI=1S/C14H14ClN3O5S/c1-8-10(5-6-23-8)14(20)18-17-13(19)9-3-4-11(15)12(7-9)24(21,22)16-2/h3-7,16H,1-2H3,(H,17,19)(H,18,20). The third kappa shape index (κ3) is 3.75. The third-order valence-corrected chi connectivity index (χ3v) is 5.04. The van der Waals surface area contributed by atoms with Gasteiger partial charge in [0.25, 0.3) is 11.8 Å². The summed E-state index contributed by atoms with van der Waals surface area (Å²) in [6, 6.07) is 5.18. The summed E-state index contributed by atoms with van der Waals surface area (Å²) >= 11 is 5.85. The summed E-state index contributed by atoms with van der Waals surface area (Å²) in [4.78, 5) is 23.7. The predicted molar refractivity (Wildman–Crippen MR) is 86.1 cm³/mol. The van der Waals surface area contributed by atoms with Crippen LogP contribution in [-0.4, -0.2) is 27.3 Å². The molecule has 0 spiro atoms. The lowest BCUT2D eigenvalue weighted by Crippen LogP contribution is -2.41. The maximum absolute atomic E-state index is 12.1. The number of hydrogen-bond acceptors (Lipinski definition) is 5. The molecule has 0 aliphatic carbocycles. The van der Waals surface area contributed by atoms with Crippen molar-refractivity contribution in [2.75, 3.05) is 7.05 Å². The Morgan fingerprint density at radius 3 is 2.38 bits per heavy atom. The molecule has 128 valence electrons. The topological polar surface area (TPSA) is 118 Å². The van der Waals surface area contributed by atoms with Crippen molar-refractivity contribution in [2.45, 2.75) is 11.8 Å². The van der Waals surface area contributed by atoms with E-state index in [0.717, 1.165) is 6.07 Å². The minimum absolute atomic E-state index is 0.0115. The van der Waals surface area contributed by atoms with Gasteiger partial charge in [-0.3, -0.25) is 20.4 Å². The Labute approximate surface area is 143 Å². The first-order valence-corrected chi connectivity index (χ1v) is 8.50. The molecule has 3 N–H and O–H groups in total. The second-order valence-electron chi connectivity index (χ2n) is 4.65. The van der Waals surface area contributed by atoms with Gasteiger partial charge >= 0.3 is 0 Å². The number of nitrogens with one attached hydrogen (secondary N) is 3. The summed E-state index contributed by atoms with van der Waals surface area (Å²) in [6.45, 7) is 1.60. The number of benzene rings is 1. The zero-order valence-corrected chi connectivity index (χ0v) is 14.3. The number of furan rings is 1. The largest absolute Gasteiger partial charge is 0.469 e. The molecule has 0 unspecified atom stereocenters. The van der Waals surface area contributed by atoms with Crippen molar-refractivity contribution >= 4 is 33.4 Å². The Balaban J connectivity index is 2.15. The molecule has 1 heterocycles. The van der Waals surface area contributed by atoms with Gasteiger partial charge in [0.1, 0.15) is 10.7 Å². The molecule has 10 heteroatoms. The van der Waals surface area contributed by atoms with Crippen LogP contribution in [0, 0.1) is 6.92 Å². The molecule has 1 aromatic heterocycles. The van der Waals surface area contributed by atoms with E-state index in [-0.39, 0.29) is 21.0 Å². The first-order valence-electron chi connectivity index (χ1n) is 6.64. The van der Waals surface area contributed by atoms with Gasteiger partial charge in [0.05, 0.1) is 16.8 Å². The van der Waals surface area contributed by atoms with Crippen LogP contribution in [0.25, 0.3) is 0 Å². The fourth-order valence-corrected chi connectivity index (χ4v) is 3.08. The number of rotatable bonds is 4. The van der Waals surface area contributed by atoms with E-state index in [0.29, 0.717) is 5.76 Å². The number of hydrazine groups is 1. The molecule has 0 fully saturated rings. The zero-order valence-electron chi connectivity index (χ0n) is 12.7. The first kappa shape index (κ1) is 18.0. The molecule has 0 bridgehead atoms. The molecular formula is C14H14ClN3O5S. The lowest BCUT2D eigenvalue weighted by Gasteiger charge is -2.09. The molecule has 0 aliphatic heterocycles. The maximum Gasteiger partial charge on any atom is 0.273 e. The van der Waals surface area contributed by atoms with Crippen molar-refractivity contribution in [3.8, 4) is 0 Å². The van der Waals surface area contributed by atoms with Gasteiger partial charge in [0, 0.05) is 5.56 Å². The number of aryl methyl sites for hydroxylation is 1. The second-order valence-corrected chi connectivity index (χ2v) is 6.91. The minimum atomic E-state index is -3.82. The third-order valence-electron chi connectivity index (χ3n) is 3.14. The van der Waals surface area contributed by atoms with Crippen molar-refractivity contribution in [1.82, 2.24) is 15.6 Å². The van der Waals surface area contributed by atoms with Crippen LogP contribution in [0.15, 0.2) is 39.8 Å². The highest BCUT2D eigenvalue weighted by atomic mass is 35.5. The van der Waals surface area contributed by atoms with E-state index in [1.54, 1.807) is 6.92 Å². The van der Waals surface area contributed by atoms with E-state index in [4.69, 9.17) is 16.0 Å². The van der Waals surface area contributed by atoms with Gasteiger partial charge in [-0.25, -0.2) is 13.1 Å². The van der Waals surface area contributed by atoms with Crippen LogP contribution in [-0.2, 0) is 10.0 Å². The highest BCUT2D eigenvalue weighted by Crippen LogP contribution is 2.22. The van der Waals surface area contributed by atoms with Gasteiger partial charge in [-0.15, -0.1) is 0 Å². The van der Waals surface area contributed by atoms with Crippen LogP contribution < -0.4 is 15.6 Å². The second kappa shape index (κ2) is 7.04. The molecule has 8 nitrogen and oxygen atoms in total. The van der Waals surface area contributed by atoms with Gasteiger partial charge < -0.3 is 4.42 Å². The Bertz CT molecular complexity index is 892. The van der Waals surface area contributed by atoms with Crippen LogP contribution in [0.4, 0.5) is 0 Å². The number of carbonyl (C=O) groups excluding carboxylic acids is 2. The summed E-state index contributed by atoms with van der Waals surface area (Å²) in [7, 11) is -2.59. The van der Waals surface area contributed by atoms with E-state index in [2.05, 4.69) is 15.6 Å². The van der Waals surface area contributed by atoms with Crippen molar-refractivity contribution in [2.24, 2.45) is 0 Å². The number of amides is 2. The molecule has 0 aliphatic rings. The number of sulfonamides is 1. The van der Waals surface area contributed by atoms with Crippen LogP contribution in [0.3, 0.4) is 0 Å². The maximum atomic E-state index is 12.1. The molecule has 1 aromatic carbocycles. The quantitative estimate of drug-likeness (QED) is 0.698. The number of hydrogen-bond donors (Lipinski definition) is 3. The van der Waals surface area contributed by atoms with Crippen molar-refractivity contribution in [3.05, 3.63) is 52.4 Å². The Hall–Kier alpha value is -2.36. The summed E-state index contributed by atoms with van der Waals surface area (Å²) in [6.07, 6.45) is 1.35. The molecule has 2 aromatic rings. The summed E-state index contributed by atoms with van der Waals surface area (Å²) in [5.41, 5.74) is 4.69. The Morgan fingerprint density at radius 1 is 1.12 bits per heavy atom. The lowest BCUT2D eigenvalue weighted by atomic mass is 10.2. The van der Waals surface area contributed by atoms with E-state index in [1.165, 1.54) is 31.5 Å². The predicted octanol–water partition coefficient (Wildman–Crippen LogP) is 1.22. The van der Waals surface area contributed by atoms with Crippen molar-refractivity contribution < 1.29 is 22.4 Å². The molecule has 2 amide bonds. The summed E-state index contributed by atoms with van der Waals surface area (Å²) in [5.74, 6) is -0.865. The monoisotopic (exact) mass is 371 g/mol. The fourth-order valence-electron chi connectivity index (χ4n) is 1.83. The van der Waals surface area contributed by atoms with Gasteiger partial charge in [-0.2, -0.15) is 0 Å². The van der Waals surface area contributed by atoms with E-state index < -0.39 is 21.8 Å². The van der Waals surface area contributed by atoms with Gasteiger partial charge in [-0.05, 0) is 38.2 Å². The first-order chi connectivity index (χ1) is 11.3. The molecule has 0 radical (unpaired) electrons. The summed E-state index contributed by atoms with van der Waals surface area (Å²) in [5, 5.41) is -0.0287. The Kier molecular flexibility index (Phi) is 5.27. The molecule has 0 atom stereocenters. The van der Waals surface area contributed by atoms with Gasteiger partial charge in [0.15, 0.2) is 0 Å². The van der Waals surface area contributed by atoms with E-state index >= 15 is 0 Å². The average molecular weight is 372 g/mol. The molecule has 24 heavy (non-hydrogen) atoms. The van der Waals surface area contributed by atoms with Crippen LogP contribution in [0.2, 0.25) is 5.02 Å². The highest BCUT2D eigenvalue weighted by molar-refractivity contribution is 7.89. The molecule has 2 rings (SSSR count). The molecule has 0 saturated carbocycles. The normalized spacial score (nSPS) is 11.1. The fraction of sp³-hybridized carbons (Fsp3) is 0.143. The van der Waals surface area contributed by atoms with Crippen molar-refractivity contribution in [1.29, 1.82) is 0 Å². The minimum Gasteiger partial charge on any atom is -0.469 e. The van der Waals surface area contributed by atoms with Gasteiger partial charge in [-0.1, -0.05) is 11.6 Å². The van der Waals surface area contributed by atoms with Crippen molar-refractivity contribution in [3.63, 3.8) is 0 Å². The van der Waals surface area contributed by atoms with Gasteiger partial charge in [0.2, 0.25) is 10.0 Å². The molecule has 0 saturated heterocycles. The highest BCUT2D eigenvalue weighted by Gasteiger charge is 2.19. The number of halogens is 1. The zero-order chi connectivity index (χ0) is 17.9. The Morgan fingerprint density at radius 2 is 1.79 bits per heavy atom. The van der Waals surface area contributed by atoms with E-state index in [1.807, 2.05) is 0 Å². The lowest BCUT2D eigenvalue weighted by molar-refractivity contribution is 0.0845.